The number of alkyl halides is 3. The second-order valence-corrected chi connectivity index (χ2v) is 4.86. The Labute approximate surface area is 102 Å². The predicted molar refractivity (Wildman–Crippen MR) is 61.2 cm³/mol. The van der Waals surface area contributed by atoms with E-state index in [1.807, 2.05) is 0 Å². The van der Waals surface area contributed by atoms with Crippen LogP contribution >= 0.6 is 11.8 Å². The maximum Gasteiger partial charge on any atom is 0.446 e. The molecule has 2 rings (SSSR count). The summed E-state index contributed by atoms with van der Waals surface area (Å²) in [5.74, 6) is 0. The smallest absolute Gasteiger partial charge is 0.379 e. The topological polar surface area (TPSA) is 21.3 Å². The third kappa shape index (κ3) is 3.81. The monoisotopic (exact) mass is 263 g/mol. The van der Waals surface area contributed by atoms with Gasteiger partial charge < -0.3 is 10.1 Å². The molecule has 1 aliphatic heterocycles. The fourth-order valence-corrected chi connectivity index (χ4v) is 2.30. The van der Waals surface area contributed by atoms with Gasteiger partial charge in [0.05, 0.1) is 12.6 Å². The van der Waals surface area contributed by atoms with Gasteiger partial charge in [0.25, 0.3) is 0 Å². The van der Waals surface area contributed by atoms with Crippen molar-refractivity contribution < 1.29 is 17.9 Å². The maximum absolute atomic E-state index is 12.3. The van der Waals surface area contributed by atoms with Gasteiger partial charge >= 0.3 is 5.51 Å². The first-order valence-corrected chi connectivity index (χ1v) is 6.05. The van der Waals surface area contributed by atoms with Crippen molar-refractivity contribution in [3.8, 4) is 0 Å². The van der Waals surface area contributed by atoms with Crippen LogP contribution < -0.4 is 5.32 Å². The minimum atomic E-state index is -4.26. The molecule has 1 aromatic rings. The molecule has 0 amide bonds. The second-order valence-electron chi connectivity index (χ2n) is 3.75. The van der Waals surface area contributed by atoms with E-state index in [0.717, 1.165) is 6.42 Å². The van der Waals surface area contributed by atoms with Crippen LogP contribution in [0.25, 0.3) is 0 Å². The van der Waals surface area contributed by atoms with Gasteiger partial charge in [0, 0.05) is 17.2 Å². The molecule has 1 fully saturated rings. The molecular weight excluding hydrogens is 251 g/mol. The van der Waals surface area contributed by atoms with Crippen molar-refractivity contribution in [2.75, 3.05) is 18.5 Å². The van der Waals surface area contributed by atoms with E-state index >= 15 is 0 Å². The Morgan fingerprint density at radius 2 is 2.06 bits per heavy atom. The Bertz CT molecular complexity index is 377. The Morgan fingerprint density at radius 3 is 2.71 bits per heavy atom. The first-order valence-electron chi connectivity index (χ1n) is 5.24. The summed E-state index contributed by atoms with van der Waals surface area (Å²) in [4.78, 5) is 0.201. The van der Waals surface area contributed by atoms with Crippen molar-refractivity contribution >= 4 is 17.4 Å². The van der Waals surface area contributed by atoms with Crippen molar-refractivity contribution in [3.63, 3.8) is 0 Å². The summed E-state index contributed by atoms with van der Waals surface area (Å²) in [5.41, 5.74) is -3.74. The molecule has 0 aliphatic carbocycles. The lowest BCUT2D eigenvalue weighted by atomic mass is 10.2. The van der Waals surface area contributed by atoms with Crippen LogP contribution in [0.4, 0.5) is 18.9 Å². The summed E-state index contributed by atoms with van der Waals surface area (Å²) in [5, 5.41) is 3.09. The van der Waals surface area contributed by atoms with E-state index in [1.165, 1.54) is 6.07 Å². The van der Waals surface area contributed by atoms with Crippen LogP contribution in [0.15, 0.2) is 29.2 Å². The van der Waals surface area contributed by atoms with Crippen molar-refractivity contribution in [2.45, 2.75) is 22.9 Å². The molecule has 1 aromatic carbocycles. The van der Waals surface area contributed by atoms with E-state index in [2.05, 4.69) is 5.32 Å². The highest BCUT2D eigenvalue weighted by molar-refractivity contribution is 8.00. The van der Waals surface area contributed by atoms with E-state index in [-0.39, 0.29) is 22.7 Å². The molecule has 1 unspecified atom stereocenters. The number of hydrogen-bond acceptors (Lipinski definition) is 3. The molecule has 0 radical (unpaired) electrons. The lowest BCUT2D eigenvalue weighted by Crippen LogP contribution is -2.19. The minimum Gasteiger partial charge on any atom is -0.379 e. The molecule has 2 nitrogen and oxygen atoms in total. The van der Waals surface area contributed by atoms with Gasteiger partial charge in [-0.25, -0.2) is 0 Å². The number of anilines is 1. The van der Waals surface area contributed by atoms with E-state index in [9.17, 15) is 13.2 Å². The van der Waals surface area contributed by atoms with E-state index in [0.29, 0.717) is 18.9 Å². The Hall–Kier alpha value is -0.880. The number of hydrogen-bond donors (Lipinski definition) is 1. The molecule has 0 spiro atoms. The average molecular weight is 263 g/mol. The molecule has 1 atom stereocenters. The summed E-state index contributed by atoms with van der Waals surface area (Å²) in [6.45, 7) is 1.21. The summed E-state index contributed by atoms with van der Waals surface area (Å²) < 4.78 is 42.2. The highest BCUT2D eigenvalue weighted by atomic mass is 32.2. The molecule has 1 saturated heterocycles. The number of rotatable bonds is 3. The summed E-state index contributed by atoms with van der Waals surface area (Å²) in [6, 6.07) is 6.55. The molecule has 1 heterocycles. The zero-order chi connectivity index (χ0) is 12.3. The quantitative estimate of drug-likeness (QED) is 0.843. The molecule has 17 heavy (non-hydrogen) atoms. The Balaban J connectivity index is 2.09. The molecule has 94 valence electrons. The molecule has 0 bridgehead atoms. The highest BCUT2D eigenvalue weighted by Gasteiger charge is 2.30. The van der Waals surface area contributed by atoms with Crippen molar-refractivity contribution in [1.82, 2.24) is 0 Å². The zero-order valence-electron chi connectivity index (χ0n) is 8.96. The molecule has 1 N–H and O–H groups in total. The maximum atomic E-state index is 12.3. The van der Waals surface area contributed by atoms with E-state index in [1.54, 1.807) is 18.2 Å². The van der Waals surface area contributed by atoms with Gasteiger partial charge in [0.2, 0.25) is 0 Å². The van der Waals surface area contributed by atoms with Crippen LogP contribution in [0.1, 0.15) is 6.42 Å². The molecule has 6 heteroatoms. The van der Waals surface area contributed by atoms with Gasteiger partial charge in [0.1, 0.15) is 0 Å². The minimum absolute atomic E-state index is 0.0926. The fraction of sp³-hybridized carbons (Fsp3) is 0.455. The Morgan fingerprint density at radius 1 is 1.29 bits per heavy atom. The van der Waals surface area contributed by atoms with Crippen LogP contribution in [0.3, 0.4) is 0 Å². The lowest BCUT2D eigenvalue weighted by molar-refractivity contribution is -0.0327. The molecule has 1 aliphatic rings. The number of halogens is 3. The number of nitrogens with one attached hydrogen (secondary N) is 1. The van der Waals surface area contributed by atoms with Crippen molar-refractivity contribution in [2.24, 2.45) is 0 Å². The number of benzene rings is 1. The van der Waals surface area contributed by atoms with E-state index in [4.69, 9.17) is 4.74 Å². The second kappa shape index (κ2) is 5.18. The van der Waals surface area contributed by atoms with Gasteiger partial charge in [0.15, 0.2) is 0 Å². The van der Waals surface area contributed by atoms with Crippen LogP contribution in [0, 0.1) is 0 Å². The Kier molecular flexibility index (Phi) is 3.83. The van der Waals surface area contributed by atoms with Gasteiger partial charge in [-0.15, -0.1) is 0 Å². The summed E-state index contributed by atoms with van der Waals surface area (Å²) >= 11 is -0.0926. The first kappa shape index (κ1) is 12.6. The normalized spacial score (nSPS) is 20.5. The fourth-order valence-electron chi connectivity index (χ4n) is 1.67. The number of thioether (sulfide) groups is 1. The van der Waals surface area contributed by atoms with Crippen molar-refractivity contribution in [1.29, 1.82) is 0 Å². The van der Waals surface area contributed by atoms with Gasteiger partial charge in [-0.05, 0) is 30.3 Å². The third-order valence-electron chi connectivity index (χ3n) is 2.40. The van der Waals surface area contributed by atoms with Crippen LogP contribution in [0.2, 0.25) is 0 Å². The van der Waals surface area contributed by atoms with Crippen LogP contribution in [-0.2, 0) is 4.74 Å². The largest absolute Gasteiger partial charge is 0.446 e. The zero-order valence-corrected chi connectivity index (χ0v) is 9.77. The van der Waals surface area contributed by atoms with Gasteiger partial charge in [-0.2, -0.15) is 13.2 Å². The van der Waals surface area contributed by atoms with Crippen LogP contribution in [0.5, 0.6) is 0 Å². The number of para-hydroxylation sites is 1. The average Bonchev–Trinajstić information content (AvgIpc) is 2.71. The van der Waals surface area contributed by atoms with Crippen molar-refractivity contribution in [3.05, 3.63) is 24.3 Å². The summed E-state index contributed by atoms with van der Waals surface area (Å²) in [7, 11) is 0. The summed E-state index contributed by atoms with van der Waals surface area (Å²) in [6.07, 6.45) is 0.824. The van der Waals surface area contributed by atoms with Gasteiger partial charge in [-0.3, -0.25) is 0 Å². The molecule has 0 aromatic heterocycles. The van der Waals surface area contributed by atoms with Gasteiger partial charge in [-0.1, -0.05) is 12.1 Å². The SMILES string of the molecule is FC(F)(F)Sc1ccccc1NC1CCOC1. The molecule has 0 saturated carbocycles. The highest BCUT2D eigenvalue weighted by Crippen LogP contribution is 2.40. The molecular formula is C11H12F3NOS. The van der Waals surface area contributed by atoms with E-state index < -0.39 is 5.51 Å². The van der Waals surface area contributed by atoms with Crippen LogP contribution in [-0.4, -0.2) is 24.8 Å². The predicted octanol–water partition coefficient (Wildman–Crippen LogP) is 3.50. The number of ether oxygens (including phenoxy) is 1. The standard InChI is InChI=1S/C11H12F3NOS/c12-11(13,14)17-10-4-2-1-3-9(10)15-8-5-6-16-7-8/h1-4,8,15H,5-7H2. The third-order valence-corrected chi connectivity index (χ3v) is 3.21. The lowest BCUT2D eigenvalue weighted by Gasteiger charge is -2.16. The first-order chi connectivity index (χ1) is 8.04.